The summed E-state index contributed by atoms with van der Waals surface area (Å²) in [7, 11) is 0. The molecule has 1 heterocycles. The molecular formula is C20H23FN2O4. The van der Waals surface area contributed by atoms with E-state index in [4.69, 9.17) is 9.84 Å². The Bertz CT molecular complexity index is 847. The first-order valence-electron chi connectivity index (χ1n) is 9.09. The van der Waals surface area contributed by atoms with Gasteiger partial charge in [0.2, 0.25) is 0 Å². The average molecular weight is 374 g/mol. The Morgan fingerprint density at radius 1 is 1.26 bits per heavy atom. The van der Waals surface area contributed by atoms with Crippen LogP contribution in [0.4, 0.5) is 9.18 Å². The number of hydrogen-bond donors (Lipinski definition) is 2. The van der Waals surface area contributed by atoms with Gasteiger partial charge in [0.05, 0.1) is 6.42 Å². The second kappa shape index (κ2) is 8.24. The maximum atomic E-state index is 13.7. The van der Waals surface area contributed by atoms with Crippen molar-refractivity contribution in [3.05, 3.63) is 41.7 Å². The minimum absolute atomic E-state index is 0.0769. The largest absolute Gasteiger partial charge is 0.490 e. The molecule has 1 fully saturated rings. The van der Waals surface area contributed by atoms with Gasteiger partial charge in [-0.3, -0.25) is 4.79 Å². The summed E-state index contributed by atoms with van der Waals surface area (Å²) in [5, 5.41) is 13.2. The van der Waals surface area contributed by atoms with Gasteiger partial charge in [0.15, 0.2) is 0 Å². The van der Waals surface area contributed by atoms with E-state index in [0.29, 0.717) is 49.2 Å². The van der Waals surface area contributed by atoms with Gasteiger partial charge in [-0.15, -0.1) is 0 Å². The Hall–Kier alpha value is -2.83. The lowest BCUT2D eigenvalue weighted by Crippen LogP contribution is -2.46. The molecule has 0 bridgehead atoms. The van der Waals surface area contributed by atoms with Crippen LogP contribution in [0.5, 0.6) is 5.75 Å². The Balaban J connectivity index is 1.78. The normalized spacial score (nSPS) is 15.0. The van der Waals surface area contributed by atoms with Crippen molar-refractivity contribution in [2.45, 2.75) is 32.3 Å². The predicted octanol–water partition coefficient (Wildman–Crippen LogP) is 3.18. The number of benzene rings is 2. The summed E-state index contributed by atoms with van der Waals surface area (Å²) >= 11 is 0. The maximum Gasteiger partial charge on any atom is 0.317 e. The van der Waals surface area contributed by atoms with E-state index >= 15 is 0 Å². The summed E-state index contributed by atoms with van der Waals surface area (Å²) in [6, 6.07) is 7.72. The molecule has 0 aromatic heterocycles. The number of carbonyl (C=O) groups excluding carboxylic acids is 1. The van der Waals surface area contributed by atoms with Gasteiger partial charge in [-0.25, -0.2) is 9.18 Å². The van der Waals surface area contributed by atoms with Gasteiger partial charge in [0.25, 0.3) is 0 Å². The van der Waals surface area contributed by atoms with Gasteiger partial charge in [-0.05, 0) is 36.1 Å². The zero-order chi connectivity index (χ0) is 19.4. The van der Waals surface area contributed by atoms with Crippen molar-refractivity contribution in [1.82, 2.24) is 10.2 Å². The van der Waals surface area contributed by atoms with Gasteiger partial charge >= 0.3 is 12.0 Å². The number of halogens is 1. The van der Waals surface area contributed by atoms with Crippen LogP contribution in [0.3, 0.4) is 0 Å². The number of rotatable bonds is 5. The lowest BCUT2D eigenvalue weighted by Gasteiger charge is -2.32. The second-order valence-electron chi connectivity index (χ2n) is 6.67. The Kier molecular flexibility index (Phi) is 5.78. The molecule has 0 saturated carbocycles. The Morgan fingerprint density at radius 3 is 2.67 bits per heavy atom. The third kappa shape index (κ3) is 4.67. The highest BCUT2D eigenvalue weighted by Gasteiger charge is 2.24. The molecule has 1 saturated heterocycles. The van der Waals surface area contributed by atoms with E-state index in [2.05, 4.69) is 5.32 Å². The monoisotopic (exact) mass is 374 g/mol. The number of likely N-dealkylation sites (tertiary alicyclic amines) is 1. The van der Waals surface area contributed by atoms with E-state index in [0.717, 1.165) is 5.39 Å². The molecule has 6 nitrogen and oxygen atoms in total. The molecular weight excluding hydrogens is 351 g/mol. The van der Waals surface area contributed by atoms with E-state index in [1.54, 1.807) is 23.1 Å². The minimum Gasteiger partial charge on any atom is -0.490 e. The van der Waals surface area contributed by atoms with Gasteiger partial charge in [0.1, 0.15) is 17.7 Å². The number of ether oxygens (including phenoxy) is 1. The summed E-state index contributed by atoms with van der Waals surface area (Å²) < 4.78 is 19.8. The first-order chi connectivity index (χ1) is 13.0. The van der Waals surface area contributed by atoms with E-state index in [1.165, 1.54) is 12.1 Å². The van der Waals surface area contributed by atoms with Crippen molar-refractivity contribution in [3.63, 3.8) is 0 Å². The molecule has 0 spiro atoms. The lowest BCUT2D eigenvalue weighted by molar-refractivity contribution is -0.136. The average Bonchev–Trinajstić information content (AvgIpc) is 2.62. The van der Waals surface area contributed by atoms with Crippen molar-refractivity contribution in [2.24, 2.45) is 0 Å². The molecule has 27 heavy (non-hydrogen) atoms. The van der Waals surface area contributed by atoms with E-state index in [-0.39, 0.29) is 24.4 Å². The van der Waals surface area contributed by atoms with Crippen LogP contribution in [0, 0.1) is 5.82 Å². The molecule has 0 aliphatic carbocycles. The molecule has 0 atom stereocenters. The Morgan fingerprint density at radius 2 is 2.00 bits per heavy atom. The molecule has 144 valence electrons. The molecule has 2 aromatic rings. The number of urea groups is 1. The van der Waals surface area contributed by atoms with Gasteiger partial charge in [-0.2, -0.15) is 0 Å². The van der Waals surface area contributed by atoms with Gasteiger partial charge in [0, 0.05) is 37.9 Å². The maximum absolute atomic E-state index is 13.7. The van der Waals surface area contributed by atoms with Crippen LogP contribution in [-0.2, 0) is 11.2 Å². The molecule has 2 aromatic carbocycles. The third-order valence-corrected chi connectivity index (χ3v) is 4.64. The fraction of sp³-hybridized carbons (Fsp3) is 0.400. The van der Waals surface area contributed by atoms with Crippen molar-refractivity contribution >= 4 is 22.8 Å². The number of carboxylic acid groups (broad SMARTS) is 1. The van der Waals surface area contributed by atoms with E-state index in [1.807, 2.05) is 6.92 Å². The number of amides is 2. The number of hydrogen-bond acceptors (Lipinski definition) is 3. The van der Waals surface area contributed by atoms with Crippen LogP contribution in [0.1, 0.15) is 25.3 Å². The molecule has 3 rings (SSSR count). The zero-order valence-electron chi connectivity index (χ0n) is 15.2. The molecule has 2 N–H and O–H groups in total. The van der Waals surface area contributed by atoms with E-state index in [9.17, 15) is 14.0 Å². The highest BCUT2D eigenvalue weighted by atomic mass is 19.1. The first kappa shape index (κ1) is 18.9. The topological polar surface area (TPSA) is 78.9 Å². The second-order valence-corrected chi connectivity index (χ2v) is 6.67. The lowest BCUT2D eigenvalue weighted by atomic mass is 10.0. The Labute approximate surface area is 156 Å². The molecule has 0 unspecified atom stereocenters. The van der Waals surface area contributed by atoms with Crippen LogP contribution in [0.15, 0.2) is 30.3 Å². The molecule has 0 radical (unpaired) electrons. The van der Waals surface area contributed by atoms with E-state index < -0.39 is 5.97 Å². The quantitative estimate of drug-likeness (QED) is 0.843. The number of nitrogens with zero attached hydrogens (tertiary/aromatic N) is 1. The smallest absolute Gasteiger partial charge is 0.317 e. The fourth-order valence-electron chi connectivity index (χ4n) is 3.35. The molecule has 1 aliphatic rings. The molecule has 7 heteroatoms. The summed E-state index contributed by atoms with van der Waals surface area (Å²) in [5.41, 5.74) is 0.608. The fourth-order valence-corrected chi connectivity index (χ4v) is 3.35. The predicted molar refractivity (Wildman–Crippen MR) is 99.5 cm³/mol. The number of nitrogens with one attached hydrogen (secondary N) is 1. The number of piperidine rings is 1. The third-order valence-electron chi connectivity index (χ3n) is 4.64. The summed E-state index contributed by atoms with van der Waals surface area (Å²) in [6.07, 6.45) is 1.09. The number of carboxylic acids is 1. The molecule has 1 aliphatic heterocycles. The number of aliphatic carboxylic acids is 1. The SMILES string of the molecule is CCNC(=O)N1CCC(Oc2cc(CC(=O)O)cc3ccc(F)cc23)CC1. The highest BCUT2D eigenvalue weighted by molar-refractivity contribution is 5.90. The summed E-state index contributed by atoms with van der Waals surface area (Å²) in [4.78, 5) is 24.7. The summed E-state index contributed by atoms with van der Waals surface area (Å²) in [6.45, 7) is 3.63. The van der Waals surface area contributed by atoms with Crippen molar-refractivity contribution in [3.8, 4) is 5.75 Å². The van der Waals surface area contributed by atoms with Crippen LogP contribution >= 0.6 is 0 Å². The summed E-state index contributed by atoms with van der Waals surface area (Å²) in [5.74, 6) is -0.818. The van der Waals surface area contributed by atoms with Gasteiger partial charge in [-0.1, -0.05) is 12.1 Å². The standard InChI is InChI=1S/C20H23FN2O4/c1-2-22-20(26)23-7-5-16(6-8-23)27-18-10-13(11-19(24)25)9-14-3-4-15(21)12-17(14)18/h3-4,9-10,12,16H,2,5-8,11H2,1H3,(H,22,26)(H,24,25). The highest BCUT2D eigenvalue weighted by Crippen LogP contribution is 2.31. The van der Waals surface area contributed by atoms with Crippen LogP contribution < -0.4 is 10.1 Å². The van der Waals surface area contributed by atoms with Crippen LogP contribution in [0.25, 0.3) is 10.8 Å². The molecule has 2 amide bonds. The van der Waals surface area contributed by atoms with Gasteiger partial charge < -0.3 is 20.1 Å². The van der Waals surface area contributed by atoms with Crippen molar-refractivity contribution in [2.75, 3.05) is 19.6 Å². The number of carbonyl (C=O) groups is 2. The van der Waals surface area contributed by atoms with Crippen LogP contribution in [0.2, 0.25) is 0 Å². The van der Waals surface area contributed by atoms with Crippen LogP contribution in [-0.4, -0.2) is 47.7 Å². The van der Waals surface area contributed by atoms with Crippen molar-refractivity contribution in [1.29, 1.82) is 0 Å². The zero-order valence-corrected chi connectivity index (χ0v) is 15.2. The number of fused-ring (bicyclic) bond motifs is 1. The van der Waals surface area contributed by atoms with Crippen molar-refractivity contribution < 1.29 is 23.8 Å². The minimum atomic E-state index is -0.933. The first-order valence-corrected chi connectivity index (χ1v) is 9.09.